The van der Waals surface area contributed by atoms with E-state index in [9.17, 15) is 9.18 Å². The van der Waals surface area contributed by atoms with Crippen LogP contribution in [0.25, 0.3) is 0 Å². The third-order valence-corrected chi connectivity index (χ3v) is 11.0. The van der Waals surface area contributed by atoms with E-state index in [0.29, 0.717) is 13.0 Å². The van der Waals surface area contributed by atoms with Crippen molar-refractivity contribution in [2.75, 3.05) is 59.0 Å². The molecule has 6 atom stereocenters. The number of hydrogen-bond donors (Lipinski definition) is 5. The van der Waals surface area contributed by atoms with Crippen molar-refractivity contribution in [3.63, 3.8) is 0 Å². The number of rotatable bonds is 9. The van der Waals surface area contributed by atoms with Crippen molar-refractivity contribution in [2.45, 2.75) is 120 Å². The van der Waals surface area contributed by atoms with Crippen molar-refractivity contribution in [1.82, 2.24) is 25.8 Å². The molecule has 5 aliphatic rings. The second-order valence-corrected chi connectivity index (χ2v) is 14.0. The van der Waals surface area contributed by atoms with Crippen molar-refractivity contribution < 1.29 is 18.3 Å². The standard InChI is InChI=1S/C31H57F2N7O2/c32-22-6-5-11-31(9-1-2-10-31)18-25(37-19-22)27(29(34)35)30(41)38-26-21-36-20-24(33)28(26)40-14-7-23(8-15-40)42-17-16-39-12-3-4-13-39/h22-29,36-37H,1-21,34-35H2,(H,38,41). The molecule has 9 nitrogen and oxygen atoms in total. The number of nitrogens with two attached hydrogens (primary N) is 2. The lowest BCUT2D eigenvalue weighted by Gasteiger charge is -2.45. The van der Waals surface area contributed by atoms with Gasteiger partial charge >= 0.3 is 0 Å². The number of nitrogens with zero attached hydrogens (tertiary/aromatic N) is 2. The van der Waals surface area contributed by atoms with E-state index >= 15 is 4.39 Å². The van der Waals surface area contributed by atoms with Gasteiger partial charge < -0.3 is 37.1 Å². The second-order valence-electron chi connectivity index (χ2n) is 14.0. The number of amides is 1. The predicted octanol–water partition coefficient (Wildman–Crippen LogP) is 1.65. The Balaban J connectivity index is 1.20. The van der Waals surface area contributed by atoms with Crippen LogP contribution in [0.1, 0.15) is 77.0 Å². The number of hydrogen-bond acceptors (Lipinski definition) is 8. The molecule has 1 spiro atoms. The van der Waals surface area contributed by atoms with Crippen LogP contribution in [0.2, 0.25) is 0 Å². The molecule has 11 heteroatoms. The molecule has 242 valence electrons. The highest BCUT2D eigenvalue weighted by Gasteiger charge is 2.45. The van der Waals surface area contributed by atoms with Gasteiger partial charge in [-0.15, -0.1) is 0 Å². The Morgan fingerprint density at radius 3 is 2.38 bits per heavy atom. The molecular weight excluding hydrogens is 540 g/mol. The quantitative estimate of drug-likeness (QED) is 0.255. The summed E-state index contributed by atoms with van der Waals surface area (Å²) < 4.78 is 36.4. The van der Waals surface area contributed by atoms with Crippen LogP contribution in [0.5, 0.6) is 0 Å². The highest BCUT2D eigenvalue weighted by Crippen LogP contribution is 2.47. The molecule has 0 aromatic heterocycles. The molecule has 42 heavy (non-hydrogen) atoms. The number of nitrogens with one attached hydrogen (secondary N) is 3. The van der Waals surface area contributed by atoms with Gasteiger partial charge in [0, 0.05) is 45.3 Å². The number of halogens is 2. The maximum Gasteiger partial charge on any atom is 0.227 e. The van der Waals surface area contributed by atoms with E-state index in [1.165, 1.54) is 38.8 Å². The molecule has 5 fully saturated rings. The van der Waals surface area contributed by atoms with E-state index in [1.807, 2.05) is 0 Å². The van der Waals surface area contributed by atoms with Gasteiger partial charge in [-0.25, -0.2) is 8.78 Å². The summed E-state index contributed by atoms with van der Waals surface area (Å²) in [5.74, 6) is -0.973. The van der Waals surface area contributed by atoms with Crippen LogP contribution in [0.15, 0.2) is 0 Å². The fourth-order valence-corrected chi connectivity index (χ4v) is 8.64. The first-order valence-electron chi connectivity index (χ1n) is 17.0. The van der Waals surface area contributed by atoms with Crippen molar-refractivity contribution in [2.24, 2.45) is 22.8 Å². The Kier molecular flexibility index (Phi) is 11.9. The molecule has 7 N–H and O–H groups in total. The summed E-state index contributed by atoms with van der Waals surface area (Å²) in [6.07, 6.45) is 9.27. The summed E-state index contributed by atoms with van der Waals surface area (Å²) in [4.78, 5) is 18.6. The van der Waals surface area contributed by atoms with E-state index in [2.05, 4.69) is 25.8 Å². The lowest BCUT2D eigenvalue weighted by atomic mass is 9.73. The van der Waals surface area contributed by atoms with Crippen LogP contribution in [0.3, 0.4) is 0 Å². The maximum atomic E-state index is 15.5. The zero-order valence-electron chi connectivity index (χ0n) is 25.6. The summed E-state index contributed by atoms with van der Waals surface area (Å²) in [5, 5.41) is 9.72. The average Bonchev–Trinajstić information content (AvgIpc) is 3.66. The van der Waals surface area contributed by atoms with Crippen LogP contribution in [-0.2, 0) is 9.53 Å². The van der Waals surface area contributed by atoms with E-state index in [0.717, 1.165) is 71.2 Å². The third kappa shape index (κ3) is 8.40. The Bertz CT molecular complexity index is 834. The van der Waals surface area contributed by atoms with Gasteiger partial charge in [0.05, 0.1) is 36.9 Å². The Morgan fingerprint density at radius 1 is 0.952 bits per heavy atom. The molecule has 4 heterocycles. The lowest BCUT2D eigenvalue weighted by molar-refractivity contribution is -0.129. The molecular formula is C31H57F2N7O2. The summed E-state index contributed by atoms with van der Waals surface area (Å²) in [6.45, 7) is 6.54. The first-order valence-corrected chi connectivity index (χ1v) is 17.0. The number of ether oxygens (including phenoxy) is 1. The van der Waals surface area contributed by atoms with Crippen molar-refractivity contribution in [3.8, 4) is 0 Å². The van der Waals surface area contributed by atoms with Gasteiger partial charge in [-0.3, -0.25) is 9.69 Å². The zero-order valence-corrected chi connectivity index (χ0v) is 25.6. The number of carbonyl (C=O) groups is 1. The van der Waals surface area contributed by atoms with Crippen LogP contribution >= 0.6 is 0 Å². The fourth-order valence-electron chi connectivity index (χ4n) is 8.64. The normalized spacial score (nSPS) is 34.7. The van der Waals surface area contributed by atoms with Gasteiger partial charge in [0.2, 0.25) is 5.91 Å². The predicted molar refractivity (Wildman–Crippen MR) is 161 cm³/mol. The molecule has 4 aliphatic heterocycles. The maximum absolute atomic E-state index is 15.5. The second kappa shape index (κ2) is 15.4. The van der Waals surface area contributed by atoms with Gasteiger partial charge in [-0.05, 0) is 82.7 Å². The molecule has 1 saturated carbocycles. The van der Waals surface area contributed by atoms with Gasteiger partial charge in [-0.1, -0.05) is 12.8 Å². The van der Waals surface area contributed by atoms with E-state index in [-0.39, 0.29) is 36.6 Å². The fraction of sp³-hybridized carbons (Fsp3) is 0.968. The molecule has 4 saturated heterocycles. The Labute approximate surface area is 251 Å². The topological polar surface area (TPSA) is 121 Å². The summed E-state index contributed by atoms with van der Waals surface area (Å²) in [7, 11) is 0. The van der Waals surface area contributed by atoms with Crippen molar-refractivity contribution in [3.05, 3.63) is 0 Å². The Hall–Kier alpha value is -0.950. The first-order chi connectivity index (χ1) is 20.3. The molecule has 0 aromatic rings. The average molecular weight is 598 g/mol. The van der Waals surface area contributed by atoms with Crippen LogP contribution < -0.4 is 27.4 Å². The van der Waals surface area contributed by atoms with Crippen LogP contribution in [0.4, 0.5) is 8.78 Å². The van der Waals surface area contributed by atoms with Gasteiger partial charge in [0.25, 0.3) is 0 Å². The highest BCUT2D eigenvalue weighted by molar-refractivity contribution is 5.80. The number of piperidine rings is 2. The highest BCUT2D eigenvalue weighted by atomic mass is 19.1. The van der Waals surface area contributed by atoms with Crippen molar-refractivity contribution >= 4 is 5.91 Å². The number of likely N-dealkylation sites (tertiary alicyclic amines) is 2. The first kappa shape index (κ1) is 32.4. The monoisotopic (exact) mass is 597 g/mol. The van der Waals surface area contributed by atoms with E-state index in [4.69, 9.17) is 16.2 Å². The largest absolute Gasteiger partial charge is 0.377 e. The zero-order chi connectivity index (χ0) is 29.5. The van der Waals surface area contributed by atoms with Gasteiger partial charge in [-0.2, -0.15) is 0 Å². The minimum atomic E-state index is -1.10. The number of carbonyl (C=O) groups excluding carboxylic acids is 1. The molecule has 1 aliphatic carbocycles. The summed E-state index contributed by atoms with van der Waals surface area (Å²) >= 11 is 0. The van der Waals surface area contributed by atoms with Crippen molar-refractivity contribution in [1.29, 1.82) is 0 Å². The summed E-state index contributed by atoms with van der Waals surface area (Å²) in [5.41, 5.74) is 12.7. The molecule has 0 aromatic carbocycles. The number of alkyl halides is 2. The van der Waals surface area contributed by atoms with E-state index < -0.39 is 36.5 Å². The molecule has 0 radical (unpaired) electrons. The van der Waals surface area contributed by atoms with Gasteiger partial charge in [0.1, 0.15) is 12.3 Å². The van der Waals surface area contributed by atoms with Crippen LogP contribution in [-0.4, -0.2) is 117 Å². The van der Waals surface area contributed by atoms with Crippen LogP contribution in [0, 0.1) is 11.3 Å². The lowest BCUT2D eigenvalue weighted by Crippen LogP contribution is -2.68. The third-order valence-electron chi connectivity index (χ3n) is 11.0. The van der Waals surface area contributed by atoms with E-state index in [1.54, 1.807) is 0 Å². The molecule has 1 amide bonds. The molecule has 0 bridgehead atoms. The van der Waals surface area contributed by atoms with Gasteiger partial charge in [0.15, 0.2) is 0 Å². The smallest absolute Gasteiger partial charge is 0.227 e. The SMILES string of the molecule is NC(N)C(C(=O)NC1CNCC(F)C1N1CCC(OCCN2CCCC2)CC1)C1CC2(CCCC2)CCCC(F)CN1. The molecule has 6 unspecified atom stereocenters. The minimum Gasteiger partial charge on any atom is -0.377 e. The summed E-state index contributed by atoms with van der Waals surface area (Å²) in [6, 6.07) is -1.13. The molecule has 5 rings (SSSR count). The Morgan fingerprint density at radius 2 is 1.67 bits per heavy atom. The minimum absolute atomic E-state index is 0.106.